The van der Waals surface area contributed by atoms with E-state index >= 15 is 0 Å². The van der Waals surface area contributed by atoms with Crippen molar-refractivity contribution in [2.75, 3.05) is 18.8 Å². The van der Waals surface area contributed by atoms with E-state index in [0.717, 1.165) is 11.4 Å². The Morgan fingerprint density at radius 1 is 1.15 bits per heavy atom. The fraction of sp³-hybridized carbons (Fsp3) is 0.600. The summed E-state index contributed by atoms with van der Waals surface area (Å²) in [5.74, 6) is 0.808. The van der Waals surface area contributed by atoms with Gasteiger partial charge in [-0.05, 0) is 44.7 Å². The Balaban J connectivity index is 1.83. The van der Waals surface area contributed by atoms with Gasteiger partial charge < -0.3 is 16.4 Å². The molecule has 0 bridgehead atoms. The van der Waals surface area contributed by atoms with Gasteiger partial charge in [0.25, 0.3) is 5.91 Å². The number of amides is 2. The fourth-order valence-electron chi connectivity index (χ4n) is 3.03. The summed E-state index contributed by atoms with van der Waals surface area (Å²) in [4.78, 5) is 25.4. The van der Waals surface area contributed by atoms with Gasteiger partial charge in [-0.25, -0.2) is 0 Å². The van der Waals surface area contributed by atoms with Gasteiger partial charge in [-0.3, -0.25) is 9.59 Å². The molecule has 4 N–H and O–H groups in total. The molecule has 0 saturated heterocycles. The topological polar surface area (TPSA) is 84.2 Å². The van der Waals surface area contributed by atoms with Gasteiger partial charge in [0, 0.05) is 23.5 Å². The van der Waals surface area contributed by atoms with Crippen molar-refractivity contribution in [1.29, 1.82) is 0 Å². The van der Waals surface area contributed by atoms with Crippen molar-refractivity contribution in [3.63, 3.8) is 0 Å². The standard InChI is InChI=1S/C20H31N3O2S/c1-20(2,21)14-23-19(25)16-10-6-7-11-17(16)26-13-18(24)22-12-15-8-4-3-5-9-15/h6-7,10-11,15H,3-5,8-9,12-14,21H2,1-2H3,(H,22,24)(H,23,25). The number of nitrogens with two attached hydrogens (primary N) is 1. The molecule has 0 spiro atoms. The first-order chi connectivity index (χ1) is 12.3. The third-order valence-electron chi connectivity index (χ3n) is 4.51. The number of benzene rings is 1. The normalized spacial score (nSPS) is 15.5. The Kier molecular flexibility index (Phi) is 7.97. The molecule has 6 heteroatoms. The zero-order valence-corrected chi connectivity index (χ0v) is 16.7. The first-order valence-electron chi connectivity index (χ1n) is 9.41. The van der Waals surface area contributed by atoms with E-state index in [1.54, 1.807) is 6.07 Å². The Hall–Kier alpha value is -1.53. The lowest BCUT2D eigenvalue weighted by molar-refractivity contribution is -0.118. The molecule has 144 valence electrons. The van der Waals surface area contributed by atoms with Gasteiger partial charge in [-0.2, -0.15) is 0 Å². The summed E-state index contributed by atoms with van der Waals surface area (Å²) < 4.78 is 0. The van der Waals surface area contributed by atoms with E-state index in [1.165, 1.54) is 43.9 Å². The molecular formula is C20H31N3O2S. The maximum Gasteiger partial charge on any atom is 0.252 e. The summed E-state index contributed by atoms with van der Waals surface area (Å²) in [6.45, 7) is 4.90. The van der Waals surface area contributed by atoms with Crippen LogP contribution in [0.5, 0.6) is 0 Å². The van der Waals surface area contributed by atoms with E-state index in [0.29, 0.717) is 23.8 Å². The van der Waals surface area contributed by atoms with Crippen LogP contribution >= 0.6 is 11.8 Å². The predicted octanol–water partition coefficient (Wildman–Crippen LogP) is 2.94. The minimum Gasteiger partial charge on any atom is -0.355 e. The number of carbonyl (C=O) groups is 2. The number of nitrogens with one attached hydrogen (secondary N) is 2. The maximum atomic E-state index is 12.4. The SMILES string of the molecule is CC(C)(N)CNC(=O)c1ccccc1SCC(=O)NCC1CCCCC1. The van der Waals surface area contributed by atoms with Crippen LogP contribution in [-0.2, 0) is 4.79 Å². The number of thioether (sulfide) groups is 1. The van der Waals surface area contributed by atoms with E-state index in [2.05, 4.69) is 10.6 Å². The minimum absolute atomic E-state index is 0.0267. The second-order valence-corrected chi connectivity index (χ2v) is 8.78. The van der Waals surface area contributed by atoms with Crippen LogP contribution in [0.25, 0.3) is 0 Å². The minimum atomic E-state index is -0.462. The number of rotatable bonds is 8. The highest BCUT2D eigenvalue weighted by Crippen LogP contribution is 2.24. The van der Waals surface area contributed by atoms with E-state index in [1.807, 2.05) is 32.0 Å². The van der Waals surface area contributed by atoms with Gasteiger partial charge >= 0.3 is 0 Å². The zero-order chi connectivity index (χ0) is 19.0. The summed E-state index contributed by atoms with van der Waals surface area (Å²) in [5, 5.41) is 5.90. The van der Waals surface area contributed by atoms with Crippen molar-refractivity contribution >= 4 is 23.6 Å². The highest BCUT2D eigenvalue weighted by molar-refractivity contribution is 8.00. The van der Waals surface area contributed by atoms with Crippen molar-refractivity contribution in [1.82, 2.24) is 10.6 Å². The molecule has 1 aliphatic rings. The van der Waals surface area contributed by atoms with Gasteiger partial charge in [0.1, 0.15) is 0 Å². The van der Waals surface area contributed by atoms with Crippen molar-refractivity contribution in [2.24, 2.45) is 11.7 Å². The molecule has 1 aromatic rings. The smallest absolute Gasteiger partial charge is 0.252 e. The van der Waals surface area contributed by atoms with E-state index in [9.17, 15) is 9.59 Å². The maximum absolute atomic E-state index is 12.4. The Morgan fingerprint density at radius 3 is 2.54 bits per heavy atom. The molecule has 0 aromatic heterocycles. The summed E-state index contributed by atoms with van der Waals surface area (Å²) in [6.07, 6.45) is 6.30. The Labute approximate surface area is 160 Å². The molecule has 2 rings (SSSR count). The fourth-order valence-corrected chi connectivity index (χ4v) is 3.91. The average Bonchev–Trinajstić information content (AvgIpc) is 2.63. The number of hydrogen-bond donors (Lipinski definition) is 3. The van der Waals surface area contributed by atoms with Crippen LogP contribution in [0.3, 0.4) is 0 Å². The monoisotopic (exact) mass is 377 g/mol. The van der Waals surface area contributed by atoms with Crippen LogP contribution in [0.2, 0.25) is 0 Å². The molecule has 0 aliphatic heterocycles. The second kappa shape index (κ2) is 9.97. The summed E-state index contributed by atoms with van der Waals surface area (Å²) >= 11 is 1.40. The van der Waals surface area contributed by atoms with Gasteiger partial charge in [0.05, 0.1) is 11.3 Å². The Morgan fingerprint density at radius 2 is 1.85 bits per heavy atom. The molecule has 0 unspecified atom stereocenters. The molecule has 0 heterocycles. The van der Waals surface area contributed by atoms with Gasteiger partial charge in [0.15, 0.2) is 0 Å². The van der Waals surface area contributed by atoms with Crippen molar-refractivity contribution in [2.45, 2.75) is 56.4 Å². The molecular weight excluding hydrogens is 346 g/mol. The first kappa shape index (κ1) is 20.8. The molecule has 1 aromatic carbocycles. The molecule has 5 nitrogen and oxygen atoms in total. The number of hydrogen-bond acceptors (Lipinski definition) is 4. The predicted molar refractivity (Wildman–Crippen MR) is 107 cm³/mol. The van der Waals surface area contributed by atoms with E-state index < -0.39 is 5.54 Å². The van der Waals surface area contributed by atoms with Crippen LogP contribution < -0.4 is 16.4 Å². The van der Waals surface area contributed by atoms with Crippen LogP contribution in [0.15, 0.2) is 29.2 Å². The third-order valence-corrected chi connectivity index (χ3v) is 5.58. The lowest BCUT2D eigenvalue weighted by Crippen LogP contribution is -2.45. The summed E-state index contributed by atoms with van der Waals surface area (Å²) in [5.41, 5.74) is 6.04. The number of carbonyl (C=O) groups excluding carboxylic acids is 2. The van der Waals surface area contributed by atoms with Crippen LogP contribution in [0, 0.1) is 5.92 Å². The lowest BCUT2D eigenvalue weighted by Gasteiger charge is -2.21. The first-order valence-corrected chi connectivity index (χ1v) is 10.4. The second-order valence-electron chi connectivity index (χ2n) is 7.76. The lowest BCUT2D eigenvalue weighted by atomic mass is 9.89. The molecule has 26 heavy (non-hydrogen) atoms. The Bertz CT molecular complexity index is 607. The van der Waals surface area contributed by atoms with Gasteiger partial charge in [0.2, 0.25) is 5.91 Å². The summed E-state index contributed by atoms with van der Waals surface area (Å²) in [7, 11) is 0. The van der Waals surface area contributed by atoms with Crippen LogP contribution in [0.4, 0.5) is 0 Å². The average molecular weight is 378 g/mol. The largest absolute Gasteiger partial charge is 0.355 e. The van der Waals surface area contributed by atoms with Crippen molar-refractivity contribution < 1.29 is 9.59 Å². The highest BCUT2D eigenvalue weighted by Gasteiger charge is 2.17. The molecule has 1 saturated carbocycles. The summed E-state index contributed by atoms with van der Waals surface area (Å²) in [6, 6.07) is 7.37. The third kappa shape index (κ3) is 7.38. The molecule has 1 aliphatic carbocycles. The quantitative estimate of drug-likeness (QED) is 0.608. The van der Waals surface area contributed by atoms with E-state index in [4.69, 9.17) is 5.73 Å². The van der Waals surface area contributed by atoms with Crippen LogP contribution in [-0.4, -0.2) is 36.2 Å². The molecule has 1 fully saturated rings. The van der Waals surface area contributed by atoms with Crippen LogP contribution in [0.1, 0.15) is 56.3 Å². The van der Waals surface area contributed by atoms with Crippen molar-refractivity contribution in [3.8, 4) is 0 Å². The van der Waals surface area contributed by atoms with E-state index in [-0.39, 0.29) is 11.8 Å². The van der Waals surface area contributed by atoms with Gasteiger partial charge in [-0.15, -0.1) is 11.8 Å². The molecule has 0 radical (unpaired) electrons. The molecule has 2 amide bonds. The van der Waals surface area contributed by atoms with Crippen molar-refractivity contribution in [3.05, 3.63) is 29.8 Å². The molecule has 0 atom stereocenters. The van der Waals surface area contributed by atoms with Gasteiger partial charge in [-0.1, -0.05) is 31.4 Å². The highest BCUT2D eigenvalue weighted by atomic mass is 32.2. The zero-order valence-electron chi connectivity index (χ0n) is 15.8.